The van der Waals surface area contributed by atoms with E-state index >= 15 is 0 Å². The molecule has 0 atom stereocenters. The zero-order valence-electron chi connectivity index (χ0n) is 13.7. The zero-order chi connectivity index (χ0) is 17.0. The Morgan fingerprint density at radius 3 is 2.74 bits per heavy atom. The van der Waals surface area contributed by atoms with Crippen molar-refractivity contribution in [3.8, 4) is 5.75 Å². The van der Waals surface area contributed by atoms with Gasteiger partial charge in [-0.1, -0.05) is 32.0 Å². The Bertz CT molecular complexity index is 692. The van der Waals surface area contributed by atoms with Crippen LogP contribution in [0.5, 0.6) is 5.75 Å². The first kappa shape index (κ1) is 17.3. The number of aromatic nitrogens is 2. The highest BCUT2D eigenvalue weighted by molar-refractivity contribution is 7.99. The van der Waals surface area contributed by atoms with E-state index in [1.807, 2.05) is 6.07 Å². The number of nitrogens with one attached hydrogen (secondary N) is 1. The van der Waals surface area contributed by atoms with Crippen LogP contribution in [0.1, 0.15) is 38.0 Å². The molecule has 2 aromatic rings. The van der Waals surface area contributed by atoms with Crippen LogP contribution in [0, 0.1) is 6.92 Å². The molecule has 0 aliphatic heterocycles. The Morgan fingerprint density at radius 2 is 2.13 bits per heavy atom. The molecule has 2 rings (SSSR count). The van der Waals surface area contributed by atoms with Crippen LogP contribution >= 0.6 is 11.8 Å². The fourth-order valence-corrected chi connectivity index (χ4v) is 2.58. The minimum atomic E-state index is -0.184. The maximum atomic E-state index is 12.0. The molecule has 0 spiro atoms. The Kier molecular flexibility index (Phi) is 5.30. The summed E-state index contributed by atoms with van der Waals surface area (Å²) in [7, 11) is 0. The second-order valence-corrected chi connectivity index (χ2v) is 7.24. The third kappa shape index (κ3) is 4.99. The molecule has 1 aromatic carbocycles. The molecular weight excluding hydrogens is 314 g/mol. The monoisotopic (exact) mass is 335 g/mol. The van der Waals surface area contributed by atoms with Crippen LogP contribution in [0.4, 0.5) is 5.69 Å². The van der Waals surface area contributed by atoms with Gasteiger partial charge in [0.25, 0.3) is 0 Å². The lowest BCUT2D eigenvalue weighted by Crippen LogP contribution is -2.16. The van der Waals surface area contributed by atoms with Gasteiger partial charge < -0.3 is 14.9 Å². The summed E-state index contributed by atoms with van der Waals surface area (Å²) in [4.78, 5) is 16.1. The Morgan fingerprint density at radius 1 is 1.39 bits per heavy atom. The van der Waals surface area contributed by atoms with Gasteiger partial charge in [0.1, 0.15) is 5.75 Å². The molecule has 2 N–H and O–H groups in total. The number of carbonyl (C=O) groups is 1. The van der Waals surface area contributed by atoms with Crippen molar-refractivity contribution < 1.29 is 14.4 Å². The van der Waals surface area contributed by atoms with Crippen molar-refractivity contribution in [1.29, 1.82) is 0 Å². The highest BCUT2D eigenvalue weighted by Crippen LogP contribution is 2.30. The summed E-state index contributed by atoms with van der Waals surface area (Å²) in [6.07, 6.45) is 0. The molecule has 0 unspecified atom stereocenters. The predicted octanol–water partition coefficient (Wildman–Crippen LogP) is 3.25. The minimum absolute atomic E-state index is 0.0571. The SMILES string of the molecule is Cc1nc(CSCC(=O)Nc2cc(C(C)(C)C)ccc2O)no1. The number of phenols is 1. The van der Waals surface area contributed by atoms with E-state index in [4.69, 9.17) is 4.52 Å². The maximum Gasteiger partial charge on any atom is 0.234 e. The molecule has 0 saturated heterocycles. The smallest absolute Gasteiger partial charge is 0.234 e. The molecule has 0 saturated carbocycles. The van der Waals surface area contributed by atoms with Crippen LogP contribution in [0.3, 0.4) is 0 Å². The third-order valence-electron chi connectivity index (χ3n) is 3.17. The number of nitrogens with zero attached hydrogens (tertiary/aromatic N) is 2. The van der Waals surface area contributed by atoms with Gasteiger partial charge in [0, 0.05) is 6.92 Å². The number of carbonyl (C=O) groups excluding carboxylic acids is 1. The first-order chi connectivity index (χ1) is 10.8. The number of phenolic OH excluding ortho intramolecular Hbond substituents is 1. The molecule has 6 nitrogen and oxygen atoms in total. The van der Waals surface area contributed by atoms with Gasteiger partial charge in [0.15, 0.2) is 5.82 Å². The van der Waals surface area contributed by atoms with Gasteiger partial charge in [-0.3, -0.25) is 4.79 Å². The highest BCUT2D eigenvalue weighted by Gasteiger charge is 2.16. The lowest BCUT2D eigenvalue weighted by atomic mass is 9.87. The fraction of sp³-hybridized carbons (Fsp3) is 0.438. The number of rotatable bonds is 5. The average molecular weight is 335 g/mol. The number of aromatic hydroxyl groups is 1. The number of hydrogen-bond donors (Lipinski definition) is 2. The quantitative estimate of drug-likeness (QED) is 0.816. The van der Waals surface area contributed by atoms with Crippen molar-refractivity contribution in [3.05, 3.63) is 35.5 Å². The summed E-state index contributed by atoms with van der Waals surface area (Å²) in [6.45, 7) is 7.95. The third-order valence-corrected chi connectivity index (χ3v) is 4.10. The Balaban J connectivity index is 1.92. The van der Waals surface area contributed by atoms with Gasteiger partial charge in [-0.05, 0) is 23.1 Å². The van der Waals surface area contributed by atoms with E-state index in [2.05, 4.69) is 36.2 Å². The van der Waals surface area contributed by atoms with Crippen LogP contribution < -0.4 is 5.32 Å². The minimum Gasteiger partial charge on any atom is -0.506 e. The maximum absolute atomic E-state index is 12.0. The normalized spacial score (nSPS) is 11.5. The summed E-state index contributed by atoms with van der Waals surface area (Å²) in [5.74, 6) is 1.69. The second-order valence-electron chi connectivity index (χ2n) is 6.25. The van der Waals surface area contributed by atoms with E-state index in [0.29, 0.717) is 23.2 Å². The molecule has 0 bridgehead atoms. The number of aryl methyl sites for hydroxylation is 1. The van der Waals surface area contributed by atoms with Crippen molar-refractivity contribution in [2.45, 2.75) is 38.9 Å². The first-order valence-corrected chi connectivity index (χ1v) is 8.41. The van der Waals surface area contributed by atoms with E-state index in [1.165, 1.54) is 11.8 Å². The van der Waals surface area contributed by atoms with E-state index in [0.717, 1.165) is 5.56 Å². The van der Waals surface area contributed by atoms with Crippen molar-refractivity contribution >= 4 is 23.4 Å². The summed E-state index contributed by atoms with van der Waals surface area (Å²) >= 11 is 1.38. The molecule has 0 aliphatic rings. The predicted molar refractivity (Wildman–Crippen MR) is 90.6 cm³/mol. The lowest BCUT2D eigenvalue weighted by Gasteiger charge is -2.20. The van der Waals surface area contributed by atoms with Crippen LogP contribution in [0.2, 0.25) is 0 Å². The molecule has 7 heteroatoms. The van der Waals surface area contributed by atoms with Crippen LogP contribution in [-0.2, 0) is 16.0 Å². The van der Waals surface area contributed by atoms with Gasteiger partial charge in [-0.15, -0.1) is 11.8 Å². The van der Waals surface area contributed by atoms with E-state index in [1.54, 1.807) is 19.1 Å². The molecule has 0 aliphatic carbocycles. The van der Waals surface area contributed by atoms with Crippen LogP contribution in [-0.4, -0.2) is 26.9 Å². The topological polar surface area (TPSA) is 88.2 Å². The standard InChI is InChI=1S/C16H21N3O3S/c1-10-17-14(19-22-10)8-23-9-15(21)18-12-7-11(16(2,3)4)5-6-13(12)20/h5-7,20H,8-9H2,1-4H3,(H,18,21). The number of hydrogen-bond acceptors (Lipinski definition) is 6. The number of benzene rings is 1. The average Bonchev–Trinajstić information content (AvgIpc) is 2.85. The summed E-state index contributed by atoms with van der Waals surface area (Å²) < 4.78 is 4.87. The molecule has 124 valence electrons. The van der Waals surface area contributed by atoms with Crippen molar-refractivity contribution in [1.82, 2.24) is 10.1 Å². The summed E-state index contributed by atoms with van der Waals surface area (Å²) in [5.41, 5.74) is 1.41. The Labute approximate surface area is 139 Å². The summed E-state index contributed by atoms with van der Waals surface area (Å²) in [5, 5.41) is 16.4. The zero-order valence-corrected chi connectivity index (χ0v) is 14.5. The first-order valence-electron chi connectivity index (χ1n) is 7.26. The van der Waals surface area contributed by atoms with Crippen molar-refractivity contribution in [3.63, 3.8) is 0 Å². The van der Waals surface area contributed by atoms with Gasteiger partial charge in [-0.2, -0.15) is 4.98 Å². The number of amides is 1. The van der Waals surface area contributed by atoms with Crippen LogP contribution in [0.25, 0.3) is 0 Å². The molecule has 23 heavy (non-hydrogen) atoms. The largest absolute Gasteiger partial charge is 0.506 e. The van der Waals surface area contributed by atoms with Gasteiger partial charge in [0.2, 0.25) is 11.8 Å². The molecule has 1 heterocycles. The van der Waals surface area contributed by atoms with E-state index in [-0.39, 0.29) is 22.8 Å². The lowest BCUT2D eigenvalue weighted by molar-refractivity contribution is -0.113. The van der Waals surface area contributed by atoms with Gasteiger partial charge >= 0.3 is 0 Å². The van der Waals surface area contributed by atoms with Crippen molar-refractivity contribution in [2.24, 2.45) is 0 Å². The molecule has 0 radical (unpaired) electrons. The highest BCUT2D eigenvalue weighted by atomic mass is 32.2. The molecule has 0 fully saturated rings. The van der Waals surface area contributed by atoms with E-state index < -0.39 is 0 Å². The van der Waals surface area contributed by atoms with Gasteiger partial charge in [0.05, 0.1) is 17.2 Å². The number of anilines is 1. The second kappa shape index (κ2) is 7.04. The summed E-state index contributed by atoms with van der Waals surface area (Å²) in [6, 6.07) is 5.27. The van der Waals surface area contributed by atoms with Crippen molar-refractivity contribution in [2.75, 3.05) is 11.1 Å². The molecule has 1 aromatic heterocycles. The number of thioether (sulfide) groups is 1. The van der Waals surface area contributed by atoms with Crippen LogP contribution in [0.15, 0.2) is 22.7 Å². The Hall–Kier alpha value is -2.02. The molecule has 1 amide bonds. The van der Waals surface area contributed by atoms with E-state index in [9.17, 15) is 9.90 Å². The molecular formula is C16H21N3O3S. The van der Waals surface area contributed by atoms with Gasteiger partial charge in [-0.25, -0.2) is 0 Å². The fourth-order valence-electron chi connectivity index (χ4n) is 1.92.